The van der Waals surface area contributed by atoms with Gasteiger partial charge in [-0.05, 0) is 42.5 Å². The molecular weight excluding hydrogens is 356 g/mol. The second-order valence-electron chi connectivity index (χ2n) is 7.29. The summed E-state index contributed by atoms with van der Waals surface area (Å²) in [4.78, 5) is 27.5. The van der Waals surface area contributed by atoms with Gasteiger partial charge in [-0.1, -0.05) is 39.3 Å². The van der Waals surface area contributed by atoms with Gasteiger partial charge in [0.25, 0.3) is 5.91 Å². The molecule has 2 amide bonds. The first-order chi connectivity index (χ1) is 11.8. The Bertz CT molecular complexity index is 604. The Labute approximate surface area is 159 Å². The largest absolute Gasteiger partial charge is 0.354 e. The number of hydrogen-bond donors (Lipinski definition) is 1. The van der Waals surface area contributed by atoms with Gasteiger partial charge in [0.2, 0.25) is 5.91 Å². The molecule has 1 aliphatic heterocycles. The molecule has 0 aliphatic carbocycles. The van der Waals surface area contributed by atoms with Crippen LogP contribution in [0.1, 0.15) is 44.5 Å². The van der Waals surface area contributed by atoms with Gasteiger partial charge < -0.3 is 10.2 Å². The lowest BCUT2D eigenvalue weighted by Crippen LogP contribution is -2.50. The van der Waals surface area contributed by atoms with E-state index in [0.29, 0.717) is 34.7 Å². The van der Waals surface area contributed by atoms with E-state index in [-0.39, 0.29) is 17.2 Å². The summed E-state index contributed by atoms with van der Waals surface area (Å²) < 4.78 is 0. The number of carbonyl (C=O) groups excluding carboxylic acids is 2. The van der Waals surface area contributed by atoms with E-state index in [4.69, 9.17) is 11.6 Å². The normalized spacial score (nSPS) is 20.4. The smallest absolute Gasteiger partial charge is 0.255 e. The van der Waals surface area contributed by atoms with Gasteiger partial charge in [-0.3, -0.25) is 9.59 Å². The third-order valence-corrected chi connectivity index (χ3v) is 5.64. The minimum absolute atomic E-state index is 0.0259. The zero-order valence-electron chi connectivity index (χ0n) is 15.3. The summed E-state index contributed by atoms with van der Waals surface area (Å²) in [7, 11) is 0. The topological polar surface area (TPSA) is 49.4 Å². The van der Waals surface area contributed by atoms with Crippen molar-refractivity contribution in [2.75, 3.05) is 12.3 Å². The maximum atomic E-state index is 13.1. The maximum Gasteiger partial charge on any atom is 0.255 e. The molecule has 1 aromatic rings. The average molecular weight is 383 g/mol. The monoisotopic (exact) mass is 382 g/mol. The molecule has 1 heterocycles. The zero-order valence-corrected chi connectivity index (χ0v) is 16.9. The first kappa shape index (κ1) is 20.1. The van der Waals surface area contributed by atoms with E-state index in [1.54, 1.807) is 40.9 Å². The first-order valence-corrected chi connectivity index (χ1v) is 10.2. The number of amides is 2. The third-order valence-electron chi connectivity index (χ3n) is 4.08. The molecule has 2 rings (SSSR count). The summed E-state index contributed by atoms with van der Waals surface area (Å²) in [5.41, 5.74) is 0.572. The van der Waals surface area contributed by atoms with Crippen molar-refractivity contribution in [2.24, 2.45) is 11.8 Å². The number of hydrogen-bond acceptors (Lipinski definition) is 3. The Kier molecular flexibility index (Phi) is 7.20. The maximum absolute atomic E-state index is 13.1. The van der Waals surface area contributed by atoms with Crippen molar-refractivity contribution in [3.63, 3.8) is 0 Å². The number of rotatable bonds is 6. The van der Waals surface area contributed by atoms with Gasteiger partial charge in [0.15, 0.2) is 0 Å². The molecule has 25 heavy (non-hydrogen) atoms. The second kappa shape index (κ2) is 8.95. The average Bonchev–Trinajstić information content (AvgIpc) is 2.95. The van der Waals surface area contributed by atoms with Crippen LogP contribution in [0.4, 0.5) is 0 Å². The van der Waals surface area contributed by atoms with Crippen LogP contribution in [0.5, 0.6) is 0 Å². The van der Waals surface area contributed by atoms with Crippen LogP contribution in [-0.4, -0.2) is 40.4 Å². The summed E-state index contributed by atoms with van der Waals surface area (Å²) in [6, 6.07) is 6.45. The fourth-order valence-electron chi connectivity index (χ4n) is 2.79. The van der Waals surface area contributed by atoms with E-state index < -0.39 is 6.04 Å². The van der Waals surface area contributed by atoms with Crippen LogP contribution in [0.3, 0.4) is 0 Å². The highest BCUT2D eigenvalue weighted by molar-refractivity contribution is 8.00. The number of nitrogens with one attached hydrogen (secondary N) is 1. The van der Waals surface area contributed by atoms with Crippen LogP contribution >= 0.6 is 23.4 Å². The predicted octanol–water partition coefficient (Wildman–Crippen LogP) is 4.04. The van der Waals surface area contributed by atoms with Crippen LogP contribution in [-0.2, 0) is 4.79 Å². The van der Waals surface area contributed by atoms with Crippen molar-refractivity contribution < 1.29 is 9.59 Å². The van der Waals surface area contributed by atoms with Gasteiger partial charge >= 0.3 is 0 Å². The van der Waals surface area contributed by atoms with E-state index in [2.05, 4.69) is 33.0 Å². The summed E-state index contributed by atoms with van der Waals surface area (Å²) in [5, 5.41) is 3.60. The Morgan fingerprint density at radius 3 is 2.40 bits per heavy atom. The zero-order chi connectivity index (χ0) is 18.6. The molecule has 1 aromatic carbocycles. The highest BCUT2D eigenvalue weighted by Crippen LogP contribution is 2.34. The van der Waals surface area contributed by atoms with Crippen molar-refractivity contribution in [3.8, 4) is 0 Å². The number of benzene rings is 1. The van der Waals surface area contributed by atoms with Gasteiger partial charge in [-0.2, -0.15) is 0 Å². The summed E-state index contributed by atoms with van der Waals surface area (Å²) >= 11 is 7.62. The van der Waals surface area contributed by atoms with Crippen molar-refractivity contribution in [1.29, 1.82) is 0 Å². The van der Waals surface area contributed by atoms with E-state index in [1.807, 2.05) is 0 Å². The molecule has 0 spiro atoms. The van der Waals surface area contributed by atoms with E-state index in [9.17, 15) is 9.59 Å². The Balaban J connectivity index is 2.22. The fraction of sp³-hybridized carbons (Fsp3) is 0.579. The second-order valence-corrected chi connectivity index (χ2v) is 8.94. The lowest BCUT2D eigenvalue weighted by atomic mass is 10.1. The molecule has 0 radical (unpaired) electrons. The molecule has 0 saturated carbocycles. The Hall–Kier alpha value is -1.20. The SMILES string of the molecule is CC(C)CNC(=O)[C@@H]1CS[C@@H](CC(C)C)N1C(=O)c1ccc(Cl)cc1. The van der Waals surface area contributed by atoms with Crippen LogP contribution in [0, 0.1) is 11.8 Å². The Morgan fingerprint density at radius 1 is 1.20 bits per heavy atom. The van der Waals surface area contributed by atoms with Gasteiger partial charge in [0, 0.05) is 22.9 Å². The van der Waals surface area contributed by atoms with Crippen molar-refractivity contribution >= 4 is 35.2 Å². The summed E-state index contributed by atoms with van der Waals surface area (Å²) in [6.45, 7) is 9.01. The molecule has 2 atom stereocenters. The molecule has 1 N–H and O–H groups in total. The molecule has 138 valence electrons. The summed E-state index contributed by atoms with van der Waals surface area (Å²) in [6.07, 6.45) is 0.873. The van der Waals surface area contributed by atoms with Crippen molar-refractivity contribution in [2.45, 2.75) is 45.5 Å². The molecule has 6 heteroatoms. The minimum Gasteiger partial charge on any atom is -0.354 e. The van der Waals surface area contributed by atoms with Crippen LogP contribution in [0.25, 0.3) is 0 Å². The number of halogens is 1. The standard InChI is InChI=1S/C19H27ClN2O2S/c1-12(2)9-17-22(19(24)14-5-7-15(20)8-6-14)16(11-25-17)18(23)21-10-13(3)4/h5-8,12-13,16-17H,9-11H2,1-4H3,(H,21,23)/t16-,17-/m0/s1. The van der Waals surface area contributed by atoms with Gasteiger partial charge in [-0.15, -0.1) is 11.8 Å². The number of thioether (sulfide) groups is 1. The van der Waals surface area contributed by atoms with Crippen LogP contribution < -0.4 is 5.32 Å². The van der Waals surface area contributed by atoms with Gasteiger partial charge in [0.1, 0.15) is 6.04 Å². The van der Waals surface area contributed by atoms with E-state index in [1.165, 1.54) is 0 Å². The number of nitrogens with zero attached hydrogens (tertiary/aromatic N) is 1. The number of carbonyl (C=O) groups is 2. The van der Waals surface area contributed by atoms with Crippen molar-refractivity contribution in [3.05, 3.63) is 34.9 Å². The first-order valence-electron chi connectivity index (χ1n) is 8.77. The van der Waals surface area contributed by atoms with E-state index in [0.717, 1.165) is 6.42 Å². The van der Waals surface area contributed by atoms with Gasteiger partial charge in [-0.25, -0.2) is 0 Å². The Morgan fingerprint density at radius 2 is 1.84 bits per heavy atom. The highest BCUT2D eigenvalue weighted by atomic mass is 35.5. The van der Waals surface area contributed by atoms with E-state index >= 15 is 0 Å². The lowest BCUT2D eigenvalue weighted by molar-refractivity contribution is -0.125. The third kappa shape index (κ3) is 5.38. The molecule has 0 bridgehead atoms. The summed E-state index contributed by atoms with van der Waals surface area (Å²) in [5.74, 6) is 1.31. The fourth-order valence-corrected chi connectivity index (χ4v) is 4.55. The molecule has 1 aliphatic rings. The predicted molar refractivity (Wildman–Crippen MR) is 105 cm³/mol. The minimum atomic E-state index is -0.421. The molecule has 1 fully saturated rings. The van der Waals surface area contributed by atoms with Crippen LogP contribution in [0.15, 0.2) is 24.3 Å². The lowest BCUT2D eigenvalue weighted by Gasteiger charge is -2.30. The molecule has 0 unspecified atom stereocenters. The highest BCUT2D eigenvalue weighted by Gasteiger charge is 2.41. The molecular formula is C19H27ClN2O2S. The quantitative estimate of drug-likeness (QED) is 0.807. The van der Waals surface area contributed by atoms with Gasteiger partial charge in [0.05, 0.1) is 5.37 Å². The molecule has 4 nitrogen and oxygen atoms in total. The van der Waals surface area contributed by atoms with Crippen LogP contribution in [0.2, 0.25) is 5.02 Å². The molecule has 1 saturated heterocycles. The molecule has 0 aromatic heterocycles. The van der Waals surface area contributed by atoms with Crippen molar-refractivity contribution in [1.82, 2.24) is 10.2 Å².